The zero-order valence-corrected chi connectivity index (χ0v) is 15.8. The van der Waals surface area contributed by atoms with Crippen molar-refractivity contribution in [1.82, 2.24) is 9.88 Å². The topological polar surface area (TPSA) is 50.3 Å². The third-order valence-electron chi connectivity index (χ3n) is 6.37. The molecule has 4 bridgehead atoms. The van der Waals surface area contributed by atoms with Crippen molar-refractivity contribution in [2.75, 3.05) is 19.8 Å². The van der Waals surface area contributed by atoms with E-state index in [-0.39, 0.29) is 11.3 Å². The lowest BCUT2D eigenvalue weighted by atomic mass is 9.48. The summed E-state index contributed by atoms with van der Waals surface area (Å²) in [6, 6.07) is 3.65. The number of carbonyl (C=O) groups is 2. The van der Waals surface area contributed by atoms with Crippen molar-refractivity contribution < 1.29 is 9.59 Å². The van der Waals surface area contributed by atoms with E-state index in [9.17, 15) is 9.59 Å². The minimum atomic E-state index is -0.0475. The largest absolute Gasteiger partial charge is 0.345 e. The van der Waals surface area contributed by atoms with E-state index in [1.54, 1.807) is 31.3 Å². The van der Waals surface area contributed by atoms with Gasteiger partial charge in [0.1, 0.15) is 5.78 Å². The highest BCUT2D eigenvalue weighted by atomic mass is 32.2. The predicted octanol–water partition coefficient (Wildman–Crippen LogP) is 3.66. The molecular formula is C20H26N2O2S. The van der Waals surface area contributed by atoms with Crippen molar-refractivity contribution in [1.29, 1.82) is 0 Å². The van der Waals surface area contributed by atoms with Crippen molar-refractivity contribution in [3.63, 3.8) is 0 Å². The molecule has 0 aliphatic heterocycles. The zero-order chi connectivity index (χ0) is 17.6. The molecule has 4 nitrogen and oxygen atoms in total. The Morgan fingerprint density at radius 3 is 2.20 bits per heavy atom. The molecule has 4 aliphatic rings. The van der Waals surface area contributed by atoms with Gasteiger partial charge in [-0.05, 0) is 68.4 Å². The highest BCUT2D eigenvalue weighted by Gasteiger charge is 2.54. The third kappa shape index (κ3) is 3.23. The molecule has 5 rings (SSSR count). The van der Waals surface area contributed by atoms with E-state index in [0.29, 0.717) is 17.1 Å². The maximum absolute atomic E-state index is 13.0. The van der Waals surface area contributed by atoms with E-state index in [4.69, 9.17) is 0 Å². The minimum Gasteiger partial charge on any atom is -0.345 e. The summed E-state index contributed by atoms with van der Waals surface area (Å²) < 4.78 is 0. The van der Waals surface area contributed by atoms with E-state index in [0.717, 1.165) is 42.0 Å². The number of Topliss-reactive ketones (excluding diaryl/α,β-unsaturated/α-hetero) is 1. The summed E-state index contributed by atoms with van der Waals surface area (Å²) in [7, 11) is 3.46. The second-order valence-electron chi connectivity index (χ2n) is 8.49. The lowest BCUT2D eigenvalue weighted by Gasteiger charge is -2.56. The fourth-order valence-corrected chi connectivity index (χ4v) is 6.47. The van der Waals surface area contributed by atoms with Crippen LogP contribution in [0.15, 0.2) is 23.4 Å². The molecule has 5 heteroatoms. The smallest absolute Gasteiger partial charge is 0.254 e. The molecule has 4 saturated carbocycles. The summed E-state index contributed by atoms with van der Waals surface area (Å²) in [6.45, 7) is 0. The van der Waals surface area contributed by atoms with Crippen LogP contribution in [-0.2, 0) is 4.79 Å². The number of pyridine rings is 1. The molecule has 1 amide bonds. The lowest BCUT2D eigenvalue weighted by Crippen LogP contribution is -2.50. The summed E-state index contributed by atoms with van der Waals surface area (Å²) in [5.74, 6) is 3.31. The average molecular weight is 359 g/mol. The molecule has 0 aromatic carbocycles. The first-order chi connectivity index (χ1) is 11.9. The van der Waals surface area contributed by atoms with E-state index in [1.165, 1.54) is 31.0 Å². The molecular weight excluding hydrogens is 332 g/mol. The van der Waals surface area contributed by atoms with Crippen LogP contribution in [0, 0.1) is 23.2 Å². The fraction of sp³-hybridized carbons (Fsp3) is 0.650. The van der Waals surface area contributed by atoms with Crippen LogP contribution in [0.3, 0.4) is 0 Å². The van der Waals surface area contributed by atoms with Crippen LogP contribution in [0.2, 0.25) is 0 Å². The van der Waals surface area contributed by atoms with Gasteiger partial charge in [-0.15, -0.1) is 0 Å². The van der Waals surface area contributed by atoms with Crippen LogP contribution in [0.5, 0.6) is 0 Å². The Bertz CT molecular complexity index is 648. The molecule has 25 heavy (non-hydrogen) atoms. The van der Waals surface area contributed by atoms with Crippen LogP contribution >= 0.6 is 11.8 Å². The van der Waals surface area contributed by atoms with E-state index in [1.807, 2.05) is 6.07 Å². The normalized spacial score (nSPS) is 32.6. The summed E-state index contributed by atoms with van der Waals surface area (Å²) in [5.41, 5.74) is 0.560. The molecule has 1 heterocycles. The van der Waals surface area contributed by atoms with Gasteiger partial charge in [-0.25, -0.2) is 4.98 Å². The molecule has 1 aromatic heterocycles. The fourth-order valence-electron chi connectivity index (χ4n) is 5.60. The highest BCUT2D eigenvalue weighted by Crippen LogP contribution is 2.60. The maximum Gasteiger partial charge on any atom is 0.254 e. The minimum absolute atomic E-state index is 0.0252. The van der Waals surface area contributed by atoms with Gasteiger partial charge in [-0.3, -0.25) is 9.59 Å². The van der Waals surface area contributed by atoms with Crippen molar-refractivity contribution in [3.8, 4) is 0 Å². The molecule has 134 valence electrons. The predicted molar refractivity (Wildman–Crippen MR) is 98.6 cm³/mol. The Hall–Kier alpha value is -1.36. The Kier molecular flexibility index (Phi) is 4.38. The molecule has 4 aliphatic carbocycles. The molecule has 0 spiro atoms. The van der Waals surface area contributed by atoms with Gasteiger partial charge in [-0.2, -0.15) is 0 Å². The second kappa shape index (κ2) is 6.42. The van der Waals surface area contributed by atoms with Gasteiger partial charge in [0.15, 0.2) is 0 Å². The zero-order valence-electron chi connectivity index (χ0n) is 15.0. The van der Waals surface area contributed by atoms with Crippen LogP contribution in [0.1, 0.15) is 48.9 Å². The Morgan fingerprint density at radius 1 is 1.12 bits per heavy atom. The molecule has 0 unspecified atom stereocenters. The quantitative estimate of drug-likeness (QED) is 0.754. The SMILES string of the molecule is CN(C)C(=O)c1ccc(SCC(=O)C23CC4CC(CC(C4)C2)C3)nc1. The summed E-state index contributed by atoms with van der Waals surface area (Å²) in [5, 5.41) is 0.827. The van der Waals surface area contributed by atoms with Gasteiger partial charge in [0.2, 0.25) is 0 Å². The standard InChI is InChI=1S/C20H26N2O2S/c1-22(2)19(24)16-3-4-18(21-11-16)25-12-17(23)20-8-13-5-14(9-20)7-15(6-13)10-20/h3-4,11,13-15H,5-10,12H2,1-2H3. The molecule has 4 fully saturated rings. The van der Waals surface area contributed by atoms with Crippen LogP contribution in [0.25, 0.3) is 0 Å². The number of carbonyl (C=O) groups excluding carboxylic acids is 2. The van der Waals surface area contributed by atoms with Crippen LogP contribution < -0.4 is 0 Å². The van der Waals surface area contributed by atoms with Crippen LogP contribution in [-0.4, -0.2) is 41.4 Å². The number of aromatic nitrogens is 1. The van der Waals surface area contributed by atoms with E-state index in [2.05, 4.69) is 4.98 Å². The monoisotopic (exact) mass is 358 g/mol. The lowest BCUT2D eigenvalue weighted by molar-refractivity contribution is -0.141. The number of thioether (sulfide) groups is 1. The highest BCUT2D eigenvalue weighted by molar-refractivity contribution is 7.99. The van der Waals surface area contributed by atoms with Crippen molar-refractivity contribution in [2.24, 2.45) is 23.2 Å². The Labute approximate surface area is 153 Å². The number of hydrogen-bond acceptors (Lipinski definition) is 4. The first-order valence-electron chi connectivity index (χ1n) is 9.29. The van der Waals surface area contributed by atoms with Crippen LogP contribution in [0.4, 0.5) is 0 Å². The first kappa shape index (κ1) is 17.1. The maximum atomic E-state index is 13.0. The summed E-state index contributed by atoms with van der Waals surface area (Å²) in [6.07, 6.45) is 9.08. The van der Waals surface area contributed by atoms with Gasteiger partial charge < -0.3 is 4.90 Å². The second-order valence-corrected chi connectivity index (χ2v) is 9.49. The number of nitrogens with zero attached hydrogens (tertiary/aromatic N) is 2. The van der Waals surface area contributed by atoms with Gasteiger partial charge in [0.05, 0.1) is 16.3 Å². The Morgan fingerprint density at radius 2 is 1.72 bits per heavy atom. The van der Waals surface area contributed by atoms with Gasteiger partial charge in [-0.1, -0.05) is 11.8 Å². The summed E-state index contributed by atoms with van der Waals surface area (Å²) in [4.78, 5) is 30.8. The molecule has 0 atom stereocenters. The van der Waals surface area contributed by atoms with Crippen molar-refractivity contribution >= 4 is 23.5 Å². The Balaban J connectivity index is 1.38. The first-order valence-corrected chi connectivity index (χ1v) is 10.3. The molecule has 0 N–H and O–H groups in total. The van der Waals surface area contributed by atoms with Gasteiger partial charge >= 0.3 is 0 Å². The number of hydrogen-bond donors (Lipinski definition) is 0. The average Bonchev–Trinajstić information content (AvgIpc) is 2.58. The third-order valence-corrected chi connectivity index (χ3v) is 7.31. The molecule has 0 saturated heterocycles. The van der Waals surface area contributed by atoms with Crippen molar-refractivity contribution in [2.45, 2.75) is 43.6 Å². The van der Waals surface area contributed by atoms with Gasteiger partial charge in [0, 0.05) is 25.7 Å². The molecule has 0 radical (unpaired) electrons. The number of rotatable bonds is 5. The number of amides is 1. The molecule has 1 aromatic rings. The number of ketones is 1. The van der Waals surface area contributed by atoms with Gasteiger partial charge in [0.25, 0.3) is 5.91 Å². The van der Waals surface area contributed by atoms with E-state index < -0.39 is 0 Å². The van der Waals surface area contributed by atoms with Crippen molar-refractivity contribution in [3.05, 3.63) is 23.9 Å². The summed E-state index contributed by atoms with van der Waals surface area (Å²) >= 11 is 1.52. The van der Waals surface area contributed by atoms with E-state index >= 15 is 0 Å².